The Kier molecular flexibility index (Phi) is 11.8. The molecule has 0 radical (unpaired) electrons. The molecule has 59 heavy (non-hydrogen) atoms. The number of imide groups is 1. The standard InChI is InChI=1S/C45H49ClFN7O5/c1-50(2)45(58)39-27-37-42(47)35(31-5-3-17-53(28-31)41(56)15-20-54-18-4-16-48-54)26-36(43(37)59-39)30-7-9-32(10-8-30)52-23-21-51(22-24-52)19-14-29-6-11-33(38(46)25-29)34-12-13-40(55)49-44(34)57/h4,6-11,16,18,25-27,31,34H,3,5,12-15,17,19-24,28H2,1-2H3,(H,49,55,57)/t31-,34?/m1/s1. The van der Waals surface area contributed by atoms with Crippen molar-refractivity contribution in [1.29, 1.82) is 0 Å². The van der Waals surface area contributed by atoms with Crippen molar-refractivity contribution in [3.63, 3.8) is 0 Å². The van der Waals surface area contributed by atoms with E-state index in [-0.39, 0.29) is 40.7 Å². The minimum absolute atomic E-state index is 0.0220. The summed E-state index contributed by atoms with van der Waals surface area (Å²) in [5.41, 5.74) is 5.36. The van der Waals surface area contributed by atoms with Gasteiger partial charge in [0.1, 0.15) is 11.4 Å². The molecule has 3 aliphatic rings. The van der Waals surface area contributed by atoms with Gasteiger partial charge in [-0.3, -0.25) is 34.1 Å². The molecular formula is C45H49ClFN7O5. The lowest BCUT2D eigenvalue weighted by molar-refractivity contribution is -0.134. The number of nitrogens with zero attached hydrogens (tertiary/aromatic N) is 6. The molecule has 5 heterocycles. The zero-order valence-electron chi connectivity index (χ0n) is 33.5. The van der Waals surface area contributed by atoms with Crippen molar-refractivity contribution >= 4 is 51.9 Å². The lowest BCUT2D eigenvalue weighted by Gasteiger charge is -2.36. The summed E-state index contributed by atoms with van der Waals surface area (Å²) in [4.78, 5) is 58.3. The molecule has 5 aromatic rings. The van der Waals surface area contributed by atoms with Crippen LogP contribution in [-0.4, -0.2) is 108 Å². The fourth-order valence-electron chi connectivity index (χ4n) is 8.66. The van der Waals surface area contributed by atoms with Crippen LogP contribution in [0.25, 0.3) is 22.1 Å². The smallest absolute Gasteiger partial charge is 0.289 e. The van der Waals surface area contributed by atoms with Gasteiger partial charge in [-0.15, -0.1) is 0 Å². The van der Waals surface area contributed by atoms with Gasteiger partial charge in [-0.25, -0.2) is 4.39 Å². The Labute approximate surface area is 347 Å². The number of furan rings is 1. The molecule has 8 rings (SSSR count). The first-order valence-electron chi connectivity index (χ1n) is 20.4. The first-order chi connectivity index (χ1) is 28.5. The average molecular weight is 822 g/mol. The molecule has 14 heteroatoms. The van der Waals surface area contributed by atoms with Gasteiger partial charge in [0.25, 0.3) is 5.91 Å². The molecule has 0 bridgehead atoms. The van der Waals surface area contributed by atoms with Crippen LogP contribution < -0.4 is 10.2 Å². The van der Waals surface area contributed by atoms with Crippen molar-refractivity contribution in [1.82, 2.24) is 29.8 Å². The molecule has 12 nitrogen and oxygen atoms in total. The van der Waals surface area contributed by atoms with Gasteiger partial charge in [-0.1, -0.05) is 35.9 Å². The summed E-state index contributed by atoms with van der Waals surface area (Å²) < 4.78 is 24.4. The summed E-state index contributed by atoms with van der Waals surface area (Å²) in [6.07, 6.45) is 6.95. The highest BCUT2D eigenvalue weighted by Gasteiger charge is 2.31. The van der Waals surface area contributed by atoms with E-state index in [1.54, 1.807) is 25.0 Å². The summed E-state index contributed by atoms with van der Waals surface area (Å²) in [7, 11) is 3.27. The van der Waals surface area contributed by atoms with Gasteiger partial charge in [-0.05, 0) is 78.3 Å². The number of rotatable bonds is 11. The van der Waals surface area contributed by atoms with E-state index in [2.05, 4.69) is 32.3 Å². The summed E-state index contributed by atoms with van der Waals surface area (Å²) in [6, 6.07) is 19.3. The molecule has 2 atom stereocenters. The van der Waals surface area contributed by atoms with Gasteiger partial charge in [0.15, 0.2) is 5.76 Å². The van der Waals surface area contributed by atoms with Crippen molar-refractivity contribution in [2.75, 3.05) is 64.8 Å². The number of halogens is 2. The third-order valence-electron chi connectivity index (χ3n) is 12.0. The summed E-state index contributed by atoms with van der Waals surface area (Å²) in [5.74, 6) is -1.81. The number of piperazine rings is 1. The highest BCUT2D eigenvalue weighted by molar-refractivity contribution is 6.31. The topological polar surface area (TPSA) is 124 Å². The van der Waals surface area contributed by atoms with Crippen LogP contribution in [0.15, 0.2) is 77.5 Å². The molecule has 4 amide bonds. The van der Waals surface area contributed by atoms with E-state index in [0.29, 0.717) is 60.6 Å². The molecule has 308 valence electrons. The number of carbonyl (C=O) groups excluding carboxylic acids is 4. The SMILES string of the molecule is CN(C)C(=O)c1cc2c(F)c([C@@H]3CCCN(C(=O)CCn4cccn4)C3)cc(-c3ccc(N4CCN(CCc5ccc(C6CCC(=O)NC6=O)c(Cl)c5)CC4)cc3)c2o1. The van der Waals surface area contributed by atoms with E-state index in [1.165, 1.54) is 11.0 Å². The predicted octanol–water partition coefficient (Wildman–Crippen LogP) is 6.47. The molecule has 1 unspecified atom stereocenters. The first kappa shape index (κ1) is 40.3. The van der Waals surface area contributed by atoms with E-state index >= 15 is 4.39 Å². The average Bonchev–Trinajstić information content (AvgIpc) is 3.94. The summed E-state index contributed by atoms with van der Waals surface area (Å²) in [6.45, 7) is 5.91. The zero-order valence-corrected chi connectivity index (χ0v) is 34.2. The Bertz CT molecular complexity index is 2350. The van der Waals surface area contributed by atoms with Crippen LogP contribution in [0.2, 0.25) is 5.02 Å². The van der Waals surface area contributed by atoms with E-state index < -0.39 is 11.7 Å². The number of amides is 4. The van der Waals surface area contributed by atoms with Crippen LogP contribution in [0.5, 0.6) is 0 Å². The highest BCUT2D eigenvalue weighted by atomic mass is 35.5. The zero-order chi connectivity index (χ0) is 41.2. The molecule has 3 aromatic carbocycles. The van der Waals surface area contributed by atoms with Gasteiger partial charge >= 0.3 is 0 Å². The number of anilines is 1. The van der Waals surface area contributed by atoms with E-state index in [0.717, 1.165) is 74.4 Å². The Morgan fingerprint density at radius 3 is 2.47 bits per heavy atom. The van der Waals surface area contributed by atoms with Crippen LogP contribution in [0.1, 0.15) is 71.2 Å². The van der Waals surface area contributed by atoms with Crippen LogP contribution >= 0.6 is 11.6 Å². The maximum Gasteiger partial charge on any atom is 0.289 e. The maximum absolute atomic E-state index is 16.6. The minimum atomic E-state index is -0.414. The molecule has 1 N–H and O–H groups in total. The third-order valence-corrected chi connectivity index (χ3v) is 12.4. The van der Waals surface area contributed by atoms with Crippen LogP contribution in [0.4, 0.5) is 10.1 Å². The molecule has 3 aliphatic heterocycles. The second-order valence-corrected chi connectivity index (χ2v) is 16.5. The minimum Gasteiger partial charge on any atom is -0.450 e. The predicted molar refractivity (Wildman–Crippen MR) is 224 cm³/mol. The van der Waals surface area contributed by atoms with Crippen molar-refractivity contribution in [2.24, 2.45) is 0 Å². The van der Waals surface area contributed by atoms with Gasteiger partial charge in [0, 0.05) is 120 Å². The lowest BCUT2D eigenvalue weighted by atomic mass is 9.87. The Morgan fingerprint density at radius 1 is 0.966 bits per heavy atom. The number of piperidine rings is 2. The van der Waals surface area contributed by atoms with Gasteiger partial charge in [0.05, 0.1) is 11.3 Å². The number of hydrogen-bond acceptors (Lipinski definition) is 8. The number of likely N-dealkylation sites (tertiary alicyclic amines) is 1. The summed E-state index contributed by atoms with van der Waals surface area (Å²) >= 11 is 6.63. The highest BCUT2D eigenvalue weighted by Crippen LogP contribution is 2.40. The number of aromatic nitrogens is 2. The molecule has 0 saturated carbocycles. The van der Waals surface area contributed by atoms with E-state index in [9.17, 15) is 19.2 Å². The number of carbonyl (C=O) groups is 4. The number of hydrogen-bond donors (Lipinski definition) is 1. The van der Waals surface area contributed by atoms with E-state index in [4.69, 9.17) is 16.0 Å². The monoisotopic (exact) mass is 821 g/mol. The number of benzene rings is 3. The van der Waals surface area contributed by atoms with Crippen molar-refractivity contribution in [2.45, 2.75) is 56.9 Å². The van der Waals surface area contributed by atoms with Crippen LogP contribution in [0.3, 0.4) is 0 Å². The fourth-order valence-corrected chi connectivity index (χ4v) is 8.99. The molecule has 0 aliphatic carbocycles. The Hall–Kier alpha value is -5.53. The van der Waals surface area contributed by atoms with Gasteiger partial charge < -0.3 is 19.1 Å². The van der Waals surface area contributed by atoms with Crippen LogP contribution in [0, 0.1) is 5.82 Å². The van der Waals surface area contributed by atoms with Crippen LogP contribution in [-0.2, 0) is 27.3 Å². The lowest BCUT2D eigenvalue weighted by Crippen LogP contribution is -2.47. The second-order valence-electron chi connectivity index (χ2n) is 16.1. The first-order valence-corrected chi connectivity index (χ1v) is 20.8. The van der Waals surface area contributed by atoms with Crippen molar-refractivity contribution in [3.05, 3.63) is 106 Å². The third kappa shape index (κ3) is 8.77. The number of nitrogens with one attached hydrogen (secondary N) is 1. The molecular weight excluding hydrogens is 773 g/mol. The fraction of sp³-hybridized carbons (Fsp3) is 0.400. The largest absolute Gasteiger partial charge is 0.450 e. The molecule has 0 spiro atoms. The number of fused-ring (bicyclic) bond motifs is 1. The Morgan fingerprint density at radius 2 is 1.76 bits per heavy atom. The molecule has 3 saturated heterocycles. The second kappa shape index (κ2) is 17.4. The quantitative estimate of drug-likeness (QED) is 0.151. The van der Waals surface area contributed by atoms with Crippen molar-refractivity contribution in [3.8, 4) is 11.1 Å². The summed E-state index contributed by atoms with van der Waals surface area (Å²) in [5, 5.41) is 7.44. The Balaban J connectivity index is 0.944. The van der Waals surface area contributed by atoms with Gasteiger partial charge in [-0.2, -0.15) is 5.10 Å². The molecule has 3 fully saturated rings. The maximum atomic E-state index is 16.6. The molecule has 2 aromatic heterocycles. The van der Waals surface area contributed by atoms with Gasteiger partial charge in [0.2, 0.25) is 17.7 Å². The van der Waals surface area contributed by atoms with E-state index in [1.807, 2.05) is 53.6 Å². The number of aryl methyl sites for hydroxylation is 1. The normalized spacial score (nSPS) is 19.0. The van der Waals surface area contributed by atoms with Crippen molar-refractivity contribution < 1.29 is 28.0 Å².